The van der Waals surface area contributed by atoms with E-state index >= 15 is 0 Å². The van der Waals surface area contributed by atoms with Gasteiger partial charge in [0.05, 0.1) is 0 Å². The van der Waals surface area contributed by atoms with E-state index < -0.39 is 11.5 Å². The molecule has 0 atom stereocenters. The maximum Gasteiger partial charge on any atom is 0.261 e. The third kappa shape index (κ3) is 2.21. The summed E-state index contributed by atoms with van der Waals surface area (Å²) in [5.41, 5.74) is 2.42. The van der Waals surface area contributed by atoms with Crippen molar-refractivity contribution >= 4 is 22.5 Å². The van der Waals surface area contributed by atoms with Crippen molar-refractivity contribution in [1.82, 2.24) is 9.97 Å². The Hall–Kier alpha value is -2.82. The van der Waals surface area contributed by atoms with Crippen molar-refractivity contribution in [2.75, 3.05) is 5.32 Å². The van der Waals surface area contributed by atoms with E-state index in [9.17, 15) is 9.59 Å². The zero-order valence-corrected chi connectivity index (χ0v) is 10.9. The second-order valence-electron chi connectivity index (χ2n) is 4.62. The fourth-order valence-corrected chi connectivity index (χ4v) is 2.15. The monoisotopic (exact) mass is 267 g/mol. The van der Waals surface area contributed by atoms with Crippen LogP contribution in [0.5, 0.6) is 0 Å². The number of carbonyl (C=O) groups is 1. The van der Waals surface area contributed by atoms with Gasteiger partial charge in [0.1, 0.15) is 5.56 Å². The first-order chi connectivity index (χ1) is 9.63. The van der Waals surface area contributed by atoms with Gasteiger partial charge >= 0.3 is 0 Å². The van der Waals surface area contributed by atoms with Crippen molar-refractivity contribution in [3.63, 3.8) is 0 Å². The second kappa shape index (κ2) is 4.70. The number of nitrogens with one attached hydrogen (secondary N) is 3. The minimum absolute atomic E-state index is 0.0952. The minimum Gasteiger partial charge on any atom is -0.359 e. The first-order valence-corrected chi connectivity index (χ1v) is 6.22. The molecule has 5 nitrogen and oxygen atoms in total. The van der Waals surface area contributed by atoms with Crippen molar-refractivity contribution in [3.8, 4) is 0 Å². The summed E-state index contributed by atoms with van der Waals surface area (Å²) in [4.78, 5) is 29.3. The van der Waals surface area contributed by atoms with E-state index in [2.05, 4.69) is 15.3 Å². The highest BCUT2D eigenvalue weighted by molar-refractivity contribution is 6.04. The second-order valence-corrected chi connectivity index (χ2v) is 4.62. The van der Waals surface area contributed by atoms with Gasteiger partial charge in [-0.15, -0.1) is 0 Å². The fraction of sp³-hybridized carbons (Fsp3) is 0.0667. The molecule has 100 valence electrons. The van der Waals surface area contributed by atoms with Crippen LogP contribution in [0, 0.1) is 6.92 Å². The topological polar surface area (TPSA) is 77.8 Å². The number of pyridine rings is 1. The lowest BCUT2D eigenvalue weighted by Crippen LogP contribution is -2.22. The molecule has 3 aromatic rings. The molecule has 2 heterocycles. The van der Waals surface area contributed by atoms with E-state index in [1.165, 1.54) is 12.3 Å². The molecule has 0 radical (unpaired) electrons. The highest BCUT2D eigenvalue weighted by Crippen LogP contribution is 2.20. The summed E-state index contributed by atoms with van der Waals surface area (Å²) < 4.78 is 0. The molecule has 0 aliphatic rings. The number of carbonyl (C=O) groups excluding carboxylic acids is 1. The first-order valence-electron chi connectivity index (χ1n) is 6.22. The van der Waals surface area contributed by atoms with Gasteiger partial charge in [0, 0.05) is 28.5 Å². The van der Waals surface area contributed by atoms with Crippen LogP contribution < -0.4 is 10.9 Å². The predicted octanol–water partition coefficient (Wildman–Crippen LogP) is 2.42. The smallest absolute Gasteiger partial charge is 0.261 e. The Kier molecular flexibility index (Phi) is 2.87. The third-order valence-corrected chi connectivity index (χ3v) is 3.08. The Morgan fingerprint density at radius 1 is 1.20 bits per heavy atom. The molecule has 0 aliphatic carbocycles. The van der Waals surface area contributed by atoms with Gasteiger partial charge in [-0.3, -0.25) is 9.59 Å². The molecule has 3 rings (SSSR count). The third-order valence-electron chi connectivity index (χ3n) is 3.08. The number of benzene rings is 1. The Balaban J connectivity index is 1.91. The molecule has 5 heteroatoms. The number of H-pyrrole nitrogens is 2. The van der Waals surface area contributed by atoms with E-state index in [-0.39, 0.29) is 5.56 Å². The maximum absolute atomic E-state index is 12.0. The summed E-state index contributed by atoms with van der Waals surface area (Å²) in [6.07, 6.45) is 1.49. The van der Waals surface area contributed by atoms with Gasteiger partial charge in [-0.2, -0.15) is 0 Å². The molecular formula is C15H13N3O2. The summed E-state index contributed by atoms with van der Waals surface area (Å²) in [5.74, 6) is -0.418. The van der Waals surface area contributed by atoms with E-state index in [0.29, 0.717) is 5.69 Å². The Labute approximate surface area is 114 Å². The van der Waals surface area contributed by atoms with Gasteiger partial charge in [-0.25, -0.2) is 0 Å². The average Bonchev–Trinajstić information content (AvgIpc) is 2.78. The molecule has 0 fully saturated rings. The maximum atomic E-state index is 12.0. The lowest BCUT2D eigenvalue weighted by molar-refractivity contribution is 0.102. The summed E-state index contributed by atoms with van der Waals surface area (Å²) in [7, 11) is 0. The SMILES string of the molecule is Cc1cc2cc(NC(=O)c3ccc[nH]c3=O)ccc2[nH]1. The molecule has 1 aromatic carbocycles. The highest BCUT2D eigenvalue weighted by atomic mass is 16.2. The minimum atomic E-state index is -0.418. The van der Waals surface area contributed by atoms with Crippen LogP contribution in [0.2, 0.25) is 0 Å². The number of hydrogen-bond acceptors (Lipinski definition) is 2. The molecule has 20 heavy (non-hydrogen) atoms. The lowest BCUT2D eigenvalue weighted by atomic mass is 10.2. The number of rotatable bonds is 2. The van der Waals surface area contributed by atoms with Gasteiger partial charge in [0.25, 0.3) is 11.5 Å². The van der Waals surface area contributed by atoms with Crippen LogP contribution >= 0.6 is 0 Å². The predicted molar refractivity (Wildman–Crippen MR) is 78.1 cm³/mol. The number of amides is 1. The molecule has 0 unspecified atom stereocenters. The molecule has 0 spiro atoms. The standard InChI is InChI=1S/C15H13N3O2/c1-9-7-10-8-11(4-5-13(10)17-9)18-15(20)12-3-2-6-16-14(12)19/h2-8,17H,1H3,(H,16,19)(H,18,20). The number of hydrogen-bond donors (Lipinski definition) is 3. The Bertz CT molecular complexity index is 845. The summed E-state index contributed by atoms with van der Waals surface area (Å²) in [5, 5.41) is 3.74. The van der Waals surface area contributed by atoms with Crippen LogP contribution in [0.4, 0.5) is 5.69 Å². The van der Waals surface area contributed by atoms with Gasteiger partial charge in [0.15, 0.2) is 0 Å². The van der Waals surface area contributed by atoms with Crippen molar-refractivity contribution in [3.05, 3.63) is 64.2 Å². The summed E-state index contributed by atoms with van der Waals surface area (Å²) >= 11 is 0. The number of aromatic nitrogens is 2. The van der Waals surface area contributed by atoms with E-state index in [0.717, 1.165) is 16.6 Å². The van der Waals surface area contributed by atoms with Crippen molar-refractivity contribution in [2.45, 2.75) is 6.92 Å². The quantitative estimate of drug-likeness (QED) is 0.666. The molecule has 3 N–H and O–H groups in total. The largest absolute Gasteiger partial charge is 0.359 e. The zero-order chi connectivity index (χ0) is 14.1. The Morgan fingerprint density at radius 2 is 2.05 bits per heavy atom. The number of aromatic amines is 2. The van der Waals surface area contributed by atoms with Crippen molar-refractivity contribution in [1.29, 1.82) is 0 Å². The highest BCUT2D eigenvalue weighted by Gasteiger charge is 2.10. The van der Waals surface area contributed by atoms with E-state index in [4.69, 9.17) is 0 Å². The number of fused-ring (bicyclic) bond motifs is 1. The van der Waals surface area contributed by atoms with Gasteiger partial charge < -0.3 is 15.3 Å². The lowest BCUT2D eigenvalue weighted by Gasteiger charge is -2.04. The molecular weight excluding hydrogens is 254 g/mol. The zero-order valence-electron chi connectivity index (χ0n) is 10.9. The fourth-order valence-electron chi connectivity index (χ4n) is 2.15. The molecule has 0 saturated carbocycles. The number of anilines is 1. The summed E-state index contributed by atoms with van der Waals surface area (Å²) in [6, 6.07) is 10.7. The van der Waals surface area contributed by atoms with Crippen molar-refractivity contribution < 1.29 is 4.79 Å². The van der Waals surface area contributed by atoms with Gasteiger partial charge in [0.2, 0.25) is 0 Å². The van der Waals surface area contributed by atoms with Crippen LogP contribution in [0.3, 0.4) is 0 Å². The van der Waals surface area contributed by atoms with Crippen LogP contribution in [0.15, 0.2) is 47.4 Å². The molecule has 0 bridgehead atoms. The van der Waals surface area contributed by atoms with Gasteiger partial charge in [-0.05, 0) is 43.3 Å². The van der Waals surface area contributed by atoms with E-state index in [1.54, 1.807) is 12.1 Å². The summed E-state index contributed by atoms with van der Waals surface area (Å²) in [6.45, 7) is 1.97. The van der Waals surface area contributed by atoms with Gasteiger partial charge in [-0.1, -0.05) is 0 Å². The van der Waals surface area contributed by atoms with E-state index in [1.807, 2.05) is 25.1 Å². The normalized spacial score (nSPS) is 10.7. The number of aryl methyl sites for hydroxylation is 1. The average molecular weight is 267 g/mol. The molecule has 1 amide bonds. The van der Waals surface area contributed by atoms with Crippen LogP contribution in [0.25, 0.3) is 10.9 Å². The molecule has 2 aromatic heterocycles. The van der Waals surface area contributed by atoms with Crippen LogP contribution in [0.1, 0.15) is 16.1 Å². The Morgan fingerprint density at radius 3 is 2.85 bits per heavy atom. The molecule has 0 saturated heterocycles. The first kappa shape index (κ1) is 12.2. The van der Waals surface area contributed by atoms with Crippen LogP contribution in [-0.4, -0.2) is 15.9 Å². The van der Waals surface area contributed by atoms with Crippen LogP contribution in [-0.2, 0) is 0 Å². The molecule has 0 aliphatic heterocycles. The van der Waals surface area contributed by atoms with Crippen molar-refractivity contribution in [2.24, 2.45) is 0 Å².